The fourth-order valence-corrected chi connectivity index (χ4v) is 2.62. The van der Waals surface area contributed by atoms with Crippen LogP contribution >= 0.6 is 0 Å². The Balaban J connectivity index is 1.65. The van der Waals surface area contributed by atoms with Crippen LogP contribution in [0.1, 0.15) is 18.9 Å². The van der Waals surface area contributed by atoms with Gasteiger partial charge < -0.3 is 14.8 Å². The first-order valence-electron chi connectivity index (χ1n) is 8.20. The van der Waals surface area contributed by atoms with Crippen molar-refractivity contribution in [2.45, 2.75) is 32.0 Å². The molecule has 1 saturated heterocycles. The maximum absolute atomic E-state index is 12.2. The van der Waals surface area contributed by atoms with Gasteiger partial charge in [0.15, 0.2) is 0 Å². The lowest BCUT2D eigenvalue weighted by Crippen LogP contribution is -2.43. The standard InChI is InChI=1S/C18H22N4O3/c1-12-9-16(22-21-12)17(23)20-11-13-5-4-8-19-18(13)25-15-7-3-6-14(10-15)24-2/h3-8,10,12,16,21-22H,9,11H2,1-2H3,(H,20,23). The molecular formula is C18H22N4O3. The molecule has 25 heavy (non-hydrogen) atoms. The number of rotatable bonds is 6. The molecular weight excluding hydrogens is 320 g/mol. The number of nitrogens with zero attached hydrogens (tertiary/aromatic N) is 1. The first kappa shape index (κ1) is 17.2. The maximum Gasteiger partial charge on any atom is 0.238 e. The molecule has 7 nitrogen and oxygen atoms in total. The number of ether oxygens (including phenoxy) is 2. The molecule has 0 bridgehead atoms. The normalized spacial score (nSPS) is 19.4. The lowest BCUT2D eigenvalue weighted by molar-refractivity contribution is -0.123. The van der Waals surface area contributed by atoms with Crippen LogP contribution < -0.4 is 25.6 Å². The van der Waals surface area contributed by atoms with Crippen molar-refractivity contribution in [2.75, 3.05) is 7.11 Å². The number of methoxy groups -OCH3 is 1. The maximum atomic E-state index is 12.2. The van der Waals surface area contributed by atoms with Crippen molar-refractivity contribution in [2.24, 2.45) is 0 Å². The zero-order chi connectivity index (χ0) is 17.6. The van der Waals surface area contributed by atoms with Gasteiger partial charge in [0.25, 0.3) is 0 Å². The zero-order valence-electron chi connectivity index (χ0n) is 14.3. The van der Waals surface area contributed by atoms with Gasteiger partial charge in [0.1, 0.15) is 17.5 Å². The van der Waals surface area contributed by atoms with E-state index in [4.69, 9.17) is 9.47 Å². The molecule has 1 aliphatic rings. The minimum Gasteiger partial charge on any atom is -0.497 e. The summed E-state index contributed by atoms with van der Waals surface area (Å²) in [6.45, 7) is 2.38. The van der Waals surface area contributed by atoms with Crippen LogP contribution in [0, 0.1) is 0 Å². The number of hydrogen-bond donors (Lipinski definition) is 3. The number of aromatic nitrogens is 1. The van der Waals surface area contributed by atoms with Gasteiger partial charge in [0, 0.05) is 30.4 Å². The number of hydrazine groups is 1. The van der Waals surface area contributed by atoms with E-state index in [9.17, 15) is 4.79 Å². The van der Waals surface area contributed by atoms with Crippen molar-refractivity contribution in [1.29, 1.82) is 0 Å². The van der Waals surface area contributed by atoms with E-state index in [0.29, 0.717) is 23.9 Å². The molecule has 0 aliphatic carbocycles. The largest absolute Gasteiger partial charge is 0.497 e. The minimum atomic E-state index is -0.227. The Bertz CT molecular complexity index is 738. The van der Waals surface area contributed by atoms with E-state index >= 15 is 0 Å². The van der Waals surface area contributed by atoms with Gasteiger partial charge in [-0.05, 0) is 31.5 Å². The van der Waals surface area contributed by atoms with Crippen molar-refractivity contribution in [3.63, 3.8) is 0 Å². The molecule has 1 aromatic heterocycles. The molecule has 3 rings (SSSR count). The second-order valence-electron chi connectivity index (χ2n) is 5.94. The predicted octanol–water partition coefficient (Wildman–Crippen LogP) is 1.75. The second kappa shape index (κ2) is 7.96. The van der Waals surface area contributed by atoms with Crippen LogP contribution in [0.15, 0.2) is 42.6 Å². The van der Waals surface area contributed by atoms with E-state index in [0.717, 1.165) is 12.0 Å². The monoisotopic (exact) mass is 342 g/mol. The van der Waals surface area contributed by atoms with E-state index < -0.39 is 0 Å². The van der Waals surface area contributed by atoms with Gasteiger partial charge in [-0.1, -0.05) is 12.1 Å². The Morgan fingerprint density at radius 1 is 1.28 bits per heavy atom. The molecule has 0 saturated carbocycles. The Morgan fingerprint density at radius 3 is 2.88 bits per heavy atom. The number of carbonyl (C=O) groups excluding carboxylic acids is 1. The Morgan fingerprint density at radius 2 is 2.12 bits per heavy atom. The average Bonchev–Trinajstić information content (AvgIpc) is 3.07. The topological polar surface area (TPSA) is 84.5 Å². The number of amides is 1. The van der Waals surface area contributed by atoms with E-state index in [2.05, 4.69) is 21.2 Å². The summed E-state index contributed by atoms with van der Waals surface area (Å²) in [5.74, 6) is 1.74. The third kappa shape index (κ3) is 4.46. The summed E-state index contributed by atoms with van der Waals surface area (Å²) in [4.78, 5) is 16.5. The number of pyridine rings is 1. The molecule has 132 valence electrons. The zero-order valence-corrected chi connectivity index (χ0v) is 14.3. The molecule has 3 N–H and O–H groups in total. The van der Waals surface area contributed by atoms with Crippen molar-refractivity contribution < 1.29 is 14.3 Å². The van der Waals surface area contributed by atoms with Crippen LogP contribution in [0.4, 0.5) is 0 Å². The van der Waals surface area contributed by atoms with Gasteiger partial charge in [0.2, 0.25) is 11.8 Å². The number of carbonyl (C=O) groups is 1. The fourth-order valence-electron chi connectivity index (χ4n) is 2.62. The quantitative estimate of drug-likeness (QED) is 0.742. The minimum absolute atomic E-state index is 0.0481. The highest BCUT2D eigenvalue weighted by Crippen LogP contribution is 2.26. The smallest absolute Gasteiger partial charge is 0.238 e. The fraction of sp³-hybridized carbons (Fsp3) is 0.333. The summed E-state index contributed by atoms with van der Waals surface area (Å²) >= 11 is 0. The molecule has 1 fully saturated rings. The van der Waals surface area contributed by atoms with Crippen LogP contribution in [-0.2, 0) is 11.3 Å². The average molecular weight is 342 g/mol. The van der Waals surface area contributed by atoms with Crippen molar-refractivity contribution in [3.8, 4) is 17.4 Å². The van der Waals surface area contributed by atoms with E-state index in [1.165, 1.54) is 0 Å². The van der Waals surface area contributed by atoms with Crippen molar-refractivity contribution in [1.82, 2.24) is 21.2 Å². The Hall–Kier alpha value is -2.64. The van der Waals surface area contributed by atoms with Crippen LogP contribution in [-0.4, -0.2) is 30.1 Å². The first-order valence-corrected chi connectivity index (χ1v) is 8.20. The molecule has 0 spiro atoms. The van der Waals surface area contributed by atoms with Gasteiger partial charge in [0.05, 0.1) is 7.11 Å². The van der Waals surface area contributed by atoms with Gasteiger partial charge in [-0.2, -0.15) is 0 Å². The second-order valence-corrected chi connectivity index (χ2v) is 5.94. The summed E-state index contributed by atoms with van der Waals surface area (Å²) < 4.78 is 11.1. The third-order valence-corrected chi connectivity index (χ3v) is 3.97. The van der Waals surface area contributed by atoms with Crippen LogP contribution in [0.3, 0.4) is 0 Å². The molecule has 1 aliphatic heterocycles. The Kier molecular flexibility index (Phi) is 5.47. The van der Waals surface area contributed by atoms with Crippen LogP contribution in [0.2, 0.25) is 0 Å². The molecule has 1 aromatic carbocycles. The Labute approximate surface area is 146 Å². The molecule has 2 atom stereocenters. The van der Waals surface area contributed by atoms with E-state index in [-0.39, 0.29) is 18.0 Å². The van der Waals surface area contributed by atoms with Crippen LogP contribution in [0.5, 0.6) is 17.4 Å². The summed E-state index contributed by atoms with van der Waals surface area (Å²) in [7, 11) is 1.60. The third-order valence-electron chi connectivity index (χ3n) is 3.97. The summed E-state index contributed by atoms with van der Waals surface area (Å²) in [5.41, 5.74) is 6.83. The van der Waals surface area contributed by atoms with E-state index in [1.807, 2.05) is 37.3 Å². The lowest BCUT2D eigenvalue weighted by Gasteiger charge is -2.13. The van der Waals surface area contributed by atoms with Gasteiger partial charge in [-0.25, -0.2) is 10.4 Å². The predicted molar refractivity (Wildman–Crippen MR) is 93.3 cm³/mol. The molecule has 7 heteroatoms. The van der Waals surface area contributed by atoms with Crippen molar-refractivity contribution >= 4 is 5.91 Å². The number of benzene rings is 1. The molecule has 2 heterocycles. The first-order chi connectivity index (χ1) is 12.2. The van der Waals surface area contributed by atoms with Gasteiger partial charge in [-0.15, -0.1) is 0 Å². The van der Waals surface area contributed by atoms with Gasteiger partial charge in [-0.3, -0.25) is 10.2 Å². The molecule has 1 amide bonds. The highest BCUT2D eigenvalue weighted by atomic mass is 16.5. The molecule has 2 aromatic rings. The molecule has 2 unspecified atom stereocenters. The SMILES string of the molecule is COc1cccc(Oc2ncccc2CNC(=O)C2CC(C)NN2)c1. The van der Waals surface area contributed by atoms with Gasteiger partial charge >= 0.3 is 0 Å². The summed E-state index contributed by atoms with van der Waals surface area (Å²) in [5, 5.41) is 2.92. The van der Waals surface area contributed by atoms with Crippen LogP contribution in [0.25, 0.3) is 0 Å². The highest BCUT2D eigenvalue weighted by molar-refractivity contribution is 5.82. The molecule has 0 radical (unpaired) electrons. The lowest BCUT2D eigenvalue weighted by atomic mass is 10.1. The number of nitrogens with one attached hydrogen (secondary N) is 3. The summed E-state index contributed by atoms with van der Waals surface area (Å²) in [6.07, 6.45) is 2.41. The highest BCUT2D eigenvalue weighted by Gasteiger charge is 2.26. The van der Waals surface area contributed by atoms with Crippen molar-refractivity contribution in [3.05, 3.63) is 48.2 Å². The van der Waals surface area contributed by atoms with E-state index in [1.54, 1.807) is 19.4 Å². The summed E-state index contributed by atoms with van der Waals surface area (Å²) in [6, 6.07) is 11.1. The number of hydrogen-bond acceptors (Lipinski definition) is 6.